The van der Waals surface area contributed by atoms with Crippen LogP contribution in [0.1, 0.15) is 42.5 Å². The van der Waals surface area contributed by atoms with E-state index in [0.717, 1.165) is 12.8 Å². The monoisotopic (exact) mass is 465 g/mol. The molecule has 0 radical (unpaired) electrons. The summed E-state index contributed by atoms with van der Waals surface area (Å²) in [5, 5.41) is 10.3. The van der Waals surface area contributed by atoms with Gasteiger partial charge in [0.2, 0.25) is 11.8 Å². The Hall–Kier alpha value is -4.02. The Balaban J connectivity index is 1.50. The summed E-state index contributed by atoms with van der Waals surface area (Å²) in [7, 11) is 0. The topological polar surface area (TPSA) is 154 Å². The molecule has 3 amide bonds. The molecule has 4 rings (SSSR count). The van der Waals surface area contributed by atoms with Crippen LogP contribution in [-0.4, -0.2) is 50.1 Å². The summed E-state index contributed by atoms with van der Waals surface area (Å²) in [6.07, 6.45) is 5.99. The summed E-state index contributed by atoms with van der Waals surface area (Å²) in [6.45, 7) is 2.31. The fourth-order valence-corrected chi connectivity index (χ4v) is 3.69. The zero-order chi connectivity index (χ0) is 24.1. The summed E-state index contributed by atoms with van der Waals surface area (Å²) in [6, 6.07) is 6.16. The quantitative estimate of drug-likeness (QED) is 0.380. The lowest BCUT2D eigenvalue weighted by atomic mass is 10.1. The van der Waals surface area contributed by atoms with Crippen LogP contribution < -0.4 is 21.1 Å². The maximum Gasteiger partial charge on any atom is 0.269 e. The van der Waals surface area contributed by atoms with Gasteiger partial charge in [0, 0.05) is 24.3 Å². The molecule has 0 spiro atoms. The van der Waals surface area contributed by atoms with Crippen molar-refractivity contribution in [1.82, 2.24) is 30.4 Å². The number of carbonyl (C=O) groups excluding carboxylic acids is 3. The molecular formula is C23H27N7O4. The predicted molar refractivity (Wildman–Crippen MR) is 123 cm³/mol. The third-order valence-corrected chi connectivity index (χ3v) is 5.50. The van der Waals surface area contributed by atoms with Gasteiger partial charge in [0.05, 0.1) is 5.52 Å². The van der Waals surface area contributed by atoms with E-state index in [4.69, 9.17) is 10.5 Å². The maximum atomic E-state index is 12.8. The van der Waals surface area contributed by atoms with E-state index < -0.39 is 11.9 Å². The van der Waals surface area contributed by atoms with Crippen LogP contribution in [0.3, 0.4) is 0 Å². The molecule has 1 saturated carbocycles. The molecule has 1 aromatic carbocycles. The lowest BCUT2D eigenvalue weighted by Crippen LogP contribution is -2.47. The van der Waals surface area contributed by atoms with Crippen molar-refractivity contribution in [2.75, 3.05) is 6.54 Å². The normalized spacial score (nSPS) is 13.9. The summed E-state index contributed by atoms with van der Waals surface area (Å²) in [5.41, 5.74) is 6.10. The molecule has 1 atom stereocenters. The Morgan fingerprint density at radius 3 is 2.68 bits per heavy atom. The number of nitrogens with two attached hydrogens (primary N) is 1. The van der Waals surface area contributed by atoms with Crippen LogP contribution in [0.25, 0.3) is 10.9 Å². The Kier molecular flexibility index (Phi) is 7.00. The van der Waals surface area contributed by atoms with Crippen LogP contribution in [0.2, 0.25) is 0 Å². The van der Waals surface area contributed by atoms with Crippen LogP contribution in [0.4, 0.5) is 0 Å². The molecule has 34 heavy (non-hydrogen) atoms. The average Bonchev–Trinajstić information content (AvgIpc) is 3.57. The first-order valence-electron chi connectivity index (χ1n) is 11.2. The van der Waals surface area contributed by atoms with Crippen molar-refractivity contribution >= 4 is 28.6 Å². The highest BCUT2D eigenvalue weighted by Gasteiger charge is 2.30. The first-order valence-corrected chi connectivity index (χ1v) is 11.2. The van der Waals surface area contributed by atoms with Crippen molar-refractivity contribution < 1.29 is 19.1 Å². The Bertz CT molecular complexity index is 1190. The number of hydrogen-bond acceptors (Lipinski definition) is 7. The third kappa shape index (κ3) is 5.66. The van der Waals surface area contributed by atoms with E-state index in [2.05, 4.69) is 25.7 Å². The van der Waals surface area contributed by atoms with Gasteiger partial charge >= 0.3 is 0 Å². The van der Waals surface area contributed by atoms with Crippen molar-refractivity contribution in [3.05, 3.63) is 48.2 Å². The summed E-state index contributed by atoms with van der Waals surface area (Å²) in [5.74, 6) is 0.153. The molecule has 1 fully saturated rings. The van der Waals surface area contributed by atoms with Crippen LogP contribution in [-0.2, 0) is 22.7 Å². The highest BCUT2D eigenvalue weighted by molar-refractivity contribution is 6.04. The second-order valence-electron chi connectivity index (χ2n) is 8.20. The highest BCUT2D eigenvalue weighted by atomic mass is 16.5. The molecule has 2 heterocycles. The molecule has 11 nitrogen and oxygen atoms in total. The minimum absolute atomic E-state index is 0.0301. The number of carbonyl (C=O) groups is 3. The van der Waals surface area contributed by atoms with Crippen LogP contribution >= 0.6 is 0 Å². The number of amides is 3. The molecule has 1 aliphatic rings. The van der Waals surface area contributed by atoms with Crippen molar-refractivity contribution in [2.24, 2.45) is 11.7 Å². The van der Waals surface area contributed by atoms with Crippen LogP contribution in [0.15, 0.2) is 36.7 Å². The summed E-state index contributed by atoms with van der Waals surface area (Å²) < 4.78 is 7.14. The number of ether oxygens (including phenoxy) is 1. The molecular weight excluding hydrogens is 438 g/mol. The van der Waals surface area contributed by atoms with Crippen molar-refractivity contribution in [3.63, 3.8) is 0 Å². The largest absolute Gasteiger partial charge is 0.486 e. The van der Waals surface area contributed by atoms with E-state index in [9.17, 15) is 14.4 Å². The molecule has 0 saturated heterocycles. The van der Waals surface area contributed by atoms with E-state index in [-0.39, 0.29) is 30.7 Å². The minimum Gasteiger partial charge on any atom is -0.486 e. The van der Waals surface area contributed by atoms with Gasteiger partial charge < -0.3 is 21.1 Å². The molecule has 3 aromatic rings. The predicted octanol–water partition coefficient (Wildman–Crippen LogP) is 0.925. The maximum absolute atomic E-state index is 12.8. The number of benzene rings is 1. The van der Waals surface area contributed by atoms with E-state index >= 15 is 0 Å². The van der Waals surface area contributed by atoms with Crippen LogP contribution in [0, 0.1) is 5.92 Å². The number of nitrogens with zero attached hydrogens (tertiary/aromatic N) is 4. The molecule has 4 N–H and O–H groups in total. The van der Waals surface area contributed by atoms with E-state index in [1.54, 1.807) is 36.7 Å². The SMILES string of the molecule is CCNC(=O)[C@H](CC1CC1)NC(=O)Cn1nc(C(N)=O)c2cc(OCc3ncccn3)ccc21. The van der Waals surface area contributed by atoms with Gasteiger partial charge in [0.15, 0.2) is 11.5 Å². The third-order valence-electron chi connectivity index (χ3n) is 5.50. The zero-order valence-electron chi connectivity index (χ0n) is 18.9. The molecule has 178 valence electrons. The lowest BCUT2D eigenvalue weighted by Gasteiger charge is -2.18. The molecule has 1 aliphatic carbocycles. The van der Waals surface area contributed by atoms with Crippen LogP contribution in [0.5, 0.6) is 5.75 Å². The van der Waals surface area contributed by atoms with Crippen molar-refractivity contribution in [1.29, 1.82) is 0 Å². The molecule has 0 aliphatic heterocycles. The van der Waals surface area contributed by atoms with Gasteiger partial charge in [0.25, 0.3) is 5.91 Å². The molecule has 0 bridgehead atoms. The van der Waals surface area contributed by atoms with Gasteiger partial charge in [-0.3, -0.25) is 19.1 Å². The van der Waals surface area contributed by atoms with Crippen molar-refractivity contribution in [2.45, 2.75) is 45.4 Å². The summed E-state index contributed by atoms with van der Waals surface area (Å²) in [4.78, 5) is 45.4. The number of fused-ring (bicyclic) bond motifs is 1. The smallest absolute Gasteiger partial charge is 0.269 e. The number of aromatic nitrogens is 4. The number of primary amides is 1. The highest BCUT2D eigenvalue weighted by Crippen LogP contribution is 2.33. The number of rotatable bonds is 11. The fraction of sp³-hybridized carbons (Fsp3) is 0.391. The minimum atomic E-state index is -0.721. The van der Waals surface area contributed by atoms with Gasteiger partial charge in [-0.05, 0) is 43.5 Å². The first-order chi connectivity index (χ1) is 16.4. The Morgan fingerprint density at radius 1 is 1.24 bits per heavy atom. The summed E-state index contributed by atoms with van der Waals surface area (Å²) >= 11 is 0. The molecule has 2 aromatic heterocycles. The van der Waals surface area contributed by atoms with Gasteiger partial charge in [-0.15, -0.1) is 0 Å². The lowest BCUT2D eigenvalue weighted by molar-refractivity contribution is -0.129. The van der Waals surface area contributed by atoms with E-state index in [0.29, 0.717) is 41.4 Å². The fourth-order valence-electron chi connectivity index (χ4n) is 3.69. The number of hydrogen-bond donors (Lipinski definition) is 3. The van der Waals surface area contributed by atoms with Crippen molar-refractivity contribution in [3.8, 4) is 5.75 Å². The van der Waals surface area contributed by atoms with Gasteiger partial charge in [-0.25, -0.2) is 9.97 Å². The van der Waals surface area contributed by atoms with Gasteiger partial charge in [-0.2, -0.15) is 5.10 Å². The number of likely N-dealkylation sites (N-methyl/N-ethyl adjacent to an activating group) is 1. The van der Waals surface area contributed by atoms with E-state index in [1.165, 1.54) is 4.68 Å². The standard InChI is InChI=1S/C23H27N7O4/c1-2-25-23(33)17(10-14-4-5-14)28-20(31)12-30-18-7-6-15(11-16(18)21(29-30)22(24)32)34-13-19-26-8-3-9-27-19/h3,6-9,11,14,17H,2,4-5,10,12-13H2,1H3,(H2,24,32)(H,25,33)(H,28,31)/t17-/m0/s1. The average molecular weight is 466 g/mol. The first kappa shape index (κ1) is 23.1. The van der Waals surface area contributed by atoms with E-state index in [1.807, 2.05) is 6.92 Å². The van der Waals surface area contributed by atoms with Gasteiger partial charge in [0.1, 0.15) is 24.9 Å². The second-order valence-corrected chi connectivity index (χ2v) is 8.20. The Morgan fingerprint density at radius 2 is 2.00 bits per heavy atom. The molecule has 11 heteroatoms. The van der Waals surface area contributed by atoms with Gasteiger partial charge in [-0.1, -0.05) is 12.8 Å². The molecule has 0 unspecified atom stereocenters. The number of nitrogens with one attached hydrogen (secondary N) is 2. The Labute approximate surface area is 196 Å². The second kappa shape index (κ2) is 10.3. The zero-order valence-corrected chi connectivity index (χ0v) is 18.9.